The molecule has 1 aromatic heterocycles. The van der Waals surface area contributed by atoms with Crippen LogP contribution in [0.3, 0.4) is 0 Å². The van der Waals surface area contributed by atoms with Crippen LogP contribution in [-0.2, 0) is 0 Å². The Morgan fingerprint density at radius 1 is 1.67 bits per heavy atom. The molecule has 1 atom stereocenters. The van der Waals surface area contributed by atoms with E-state index in [-0.39, 0.29) is 5.92 Å². The second-order valence-electron chi connectivity index (χ2n) is 2.97. The van der Waals surface area contributed by atoms with Gasteiger partial charge in [0.25, 0.3) is 0 Å². The standard InChI is InChI=1S/C10H12N2/c1-8-4-3-7-12-10(8)9(2)5-6-11/h3-4,7,9H,5H2,1-2H3. The molecule has 0 saturated heterocycles. The van der Waals surface area contributed by atoms with E-state index in [2.05, 4.69) is 11.1 Å². The normalized spacial score (nSPS) is 12.1. The Balaban J connectivity index is 2.88. The molecule has 0 amide bonds. The van der Waals surface area contributed by atoms with Crippen molar-refractivity contribution in [1.29, 1.82) is 5.26 Å². The van der Waals surface area contributed by atoms with Crippen molar-refractivity contribution in [3.8, 4) is 6.07 Å². The Hall–Kier alpha value is -1.36. The average molecular weight is 160 g/mol. The van der Waals surface area contributed by atoms with Gasteiger partial charge in [0.05, 0.1) is 6.07 Å². The van der Waals surface area contributed by atoms with Crippen LogP contribution in [0.25, 0.3) is 0 Å². The highest BCUT2D eigenvalue weighted by Crippen LogP contribution is 2.18. The second kappa shape index (κ2) is 3.87. The summed E-state index contributed by atoms with van der Waals surface area (Å²) in [6.07, 6.45) is 2.31. The summed E-state index contributed by atoms with van der Waals surface area (Å²) in [6, 6.07) is 6.09. The van der Waals surface area contributed by atoms with Crippen molar-refractivity contribution in [3.63, 3.8) is 0 Å². The van der Waals surface area contributed by atoms with Crippen molar-refractivity contribution < 1.29 is 0 Å². The van der Waals surface area contributed by atoms with Gasteiger partial charge in [-0.1, -0.05) is 13.0 Å². The van der Waals surface area contributed by atoms with Gasteiger partial charge in [0.2, 0.25) is 0 Å². The lowest BCUT2D eigenvalue weighted by Gasteiger charge is -2.08. The van der Waals surface area contributed by atoms with E-state index >= 15 is 0 Å². The Bertz CT molecular complexity index is 299. The van der Waals surface area contributed by atoms with Crippen molar-refractivity contribution in [2.45, 2.75) is 26.2 Å². The summed E-state index contributed by atoms with van der Waals surface area (Å²) in [5, 5.41) is 8.51. The molecule has 2 nitrogen and oxygen atoms in total. The van der Waals surface area contributed by atoms with Gasteiger partial charge in [-0.05, 0) is 18.6 Å². The topological polar surface area (TPSA) is 36.7 Å². The van der Waals surface area contributed by atoms with Crippen LogP contribution in [0.1, 0.15) is 30.5 Å². The van der Waals surface area contributed by atoms with Crippen LogP contribution in [-0.4, -0.2) is 4.98 Å². The zero-order valence-electron chi connectivity index (χ0n) is 7.41. The largest absolute Gasteiger partial charge is 0.261 e. The Morgan fingerprint density at radius 2 is 2.42 bits per heavy atom. The molecule has 1 aromatic rings. The SMILES string of the molecule is Cc1cccnc1C(C)CC#N. The molecule has 12 heavy (non-hydrogen) atoms. The van der Waals surface area contributed by atoms with Crippen molar-refractivity contribution in [1.82, 2.24) is 4.98 Å². The first-order valence-electron chi connectivity index (χ1n) is 4.04. The fourth-order valence-corrected chi connectivity index (χ4v) is 1.25. The maximum atomic E-state index is 8.51. The van der Waals surface area contributed by atoms with Gasteiger partial charge in [0.1, 0.15) is 0 Å². The molecule has 0 spiro atoms. The first-order chi connectivity index (χ1) is 5.75. The quantitative estimate of drug-likeness (QED) is 0.666. The Kier molecular flexibility index (Phi) is 2.82. The van der Waals surface area contributed by atoms with Gasteiger partial charge >= 0.3 is 0 Å². The summed E-state index contributed by atoms with van der Waals surface area (Å²) < 4.78 is 0. The number of aromatic nitrogens is 1. The van der Waals surface area contributed by atoms with Crippen molar-refractivity contribution in [3.05, 3.63) is 29.6 Å². The van der Waals surface area contributed by atoms with E-state index in [4.69, 9.17) is 5.26 Å². The highest BCUT2D eigenvalue weighted by molar-refractivity contribution is 5.21. The summed E-state index contributed by atoms with van der Waals surface area (Å²) in [4.78, 5) is 4.25. The molecule has 0 N–H and O–H groups in total. The molecule has 0 aliphatic rings. The van der Waals surface area contributed by atoms with E-state index in [1.807, 2.05) is 26.0 Å². The average Bonchev–Trinajstić information content (AvgIpc) is 2.05. The molecule has 0 aliphatic heterocycles. The van der Waals surface area contributed by atoms with E-state index < -0.39 is 0 Å². The maximum absolute atomic E-state index is 8.51. The lowest BCUT2D eigenvalue weighted by Crippen LogP contribution is -1.98. The highest BCUT2D eigenvalue weighted by Gasteiger charge is 2.07. The van der Waals surface area contributed by atoms with Crippen molar-refractivity contribution in [2.24, 2.45) is 0 Å². The molecule has 0 aliphatic carbocycles. The van der Waals surface area contributed by atoms with Crippen LogP contribution in [0, 0.1) is 18.3 Å². The fraction of sp³-hybridized carbons (Fsp3) is 0.400. The summed E-state index contributed by atoms with van der Waals surface area (Å²) in [5.41, 5.74) is 2.21. The van der Waals surface area contributed by atoms with Gasteiger partial charge in [-0.15, -0.1) is 0 Å². The summed E-state index contributed by atoms with van der Waals surface area (Å²) in [5.74, 6) is 0.246. The zero-order valence-corrected chi connectivity index (χ0v) is 7.41. The predicted molar refractivity (Wildman–Crippen MR) is 47.6 cm³/mol. The van der Waals surface area contributed by atoms with Crippen LogP contribution in [0.4, 0.5) is 0 Å². The van der Waals surface area contributed by atoms with E-state index in [9.17, 15) is 0 Å². The number of aryl methyl sites for hydroxylation is 1. The smallest absolute Gasteiger partial charge is 0.0628 e. The maximum Gasteiger partial charge on any atom is 0.0628 e. The number of nitrogens with zero attached hydrogens (tertiary/aromatic N) is 2. The highest BCUT2D eigenvalue weighted by atomic mass is 14.7. The van der Waals surface area contributed by atoms with Gasteiger partial charge in [-0.3, -0.25) is 4.98 Å². The van der Waals surface area contributed by atoms with Gasteiger partial charge in [-0.25, -0.2) is 0 Å². The molecule has 1 rings (SSSR count). The van der Waals surface area contributed by atoms with Crippen LogP contribution < -0.4 is 0 Å². The molecule has 1 unspecified atom stereocenters. The minimum atomic E-state index is 0.246. The molecule has 62 valence electrons. The van der Waals surface area contributed by atoms with Crippen LogP contribution >= 0.6 is 0 Å². The molecular formula is C10H12N2. The van der Waals surface area contributed by atoms with Crippen LogP contribution in [0.2, 0.25) is 0 Å². The summed E-state index contributed by atoms with van der Waals surface area (Å²) in [7, 11) is 0. The Morgan fingerprint density at radius 3 is 3.00 bits per heavy atom. The third-order valence-electron chi connectivity index (χ3n) is 1.91. The fourth-order valence-electron chi connectivity index (χ4n) is 1.25. The molecule has 0 radical (unpaired) electrons. The first kappa shape index (κ1) is 8.73. The lowest BCUT2D eigenvalue weighted by molar-refractivity contribution is 0.749. The van der Waals surface area contributed by atoms with Gasteiger partial charge < -0.3 is 0 Å². The number of hydrogen-bond acceptors (Lipinski definition) is 2. The third kappa shape index (κ3) is 1.82. The van der Waals surface area contributed by atoms with Crippen LogP contribution in [0.5, 0.6) is 0 Å². The molecular weight excluding hydrogens is 148 g/mol. The molecule has 1 heterocycles. The number of rotatable bonds is 2. The van der Waals surface area contributed by atoms with Crippen molar-refractivity contribution in [2.75, 3.05) is 0 Å². The molecule has 0 saturated carbocycles. The summed E-state index contributed by atoms with van der Waals surface area (Å²) >= 11 is 0. The summed E-state index contributed by atoms with van der Waals surface area (Å²) in [6.45, 7) is 4.05. The van der Waals surface area contributed by atoms with E-state index in [0.717, 1.165) is 5.69 Å². The molecule has 0 aromatic carbocycles. The number of hydrogen-bond donors (Lipinski definition) is 0. The third-order valence-corrected chi connectivity index (χ3v) is 1.91. The number of nitriles is 1. The second-order valence-corrected chi connectivity index (χ2v) is 2.97. The minimum absolute atomic E-state index is 0.246. The van der Waals surface area contributed by atoms with Crippen LogP contribution in [0.15, 0.2) is 18.3 Å². The molecule has 0 bridgehead atoms. The van der Waals surface area contributed by atoms with E-state index in [0.29, 0.717) is 6.42 Å². The van der Waals surface area contributed by atoms with Gasteiger partial charge in [-0.2, -0.15) is 5.26 Å². The predicted octanol–water partition coefficient (Wildman–Crippen LogP) is 2.41. The first-order valence-corrected chi connectivity index (χ1v) is 4.04. The zero-order chi connectivity index (χ0) is 8.97. The number of pyridine rings is 1. The molecule has 0 fully saturated rings. The van der Waals surface area contributed by atoms with E-state index in [1.165, 1.54) is 5.56 Å². The monoisotopic (exact) mass is 160 g/mol. The lowest BCUT2D eigenvalue weighted by atomic mass is 10.0. The Labute approximate surface area is 72.9 Å². The van der Waals surface area contributed by atoms with Gasteiger partial charge in [0.15, 0.2) is 0 Å². The van der Waals surface area contributed by atoms with E-state index in [1.54, 1.807) is 6.20 Å². The van der Waals surface area contributed by atoms with Gasteiger partial charge in [0, 0.05) is 24.2 Å². The van der Waals surface area contributed by atoms with Crippen molar-refractivity contribution >= 4 is 0 Å². The minimum Gasteiger partial charge on any atom is -0.261 e. The molecule has 2 heteroatoms.